The molecule has 2 rings (SSSR count). The first-order valence-corrected chi connectivity index (χ1v) is 4.15. The Morgan fingerprint density at radius 2 is 2.09 bits per heavy atom. The smallest absolute Gasteiger partial charge is 0.135 e. The molecule has 0 bridgehead atoms. The number of fused-ring (bicyclic) bond motifs is 1. The van der Waals surface area contributed by atoms with E-state index in [9.17, 15) is 0 Å². The standard InChI is InChI=1S/C8H7BrN2/c1-11-7-5-3-2-4-6(7)8(9)10-11/h2-5H,1H3. The zero-order valence-electron chi connectivity index (χ0n) is 6.08. The van der Waals surface area contributed by atoms with E-state index < -0.39 is 0 Å². The number of aromatic nitrogens is 2. The molecule has 0 radical (unpaired) electrons. The number of hydrogen-bond acceptors (Lipinski definition) is 1. The SMILES string of the molecule is Cn1nc(Br)c2ccccc21. The van der Waals surface area contributed by atoms with Crippen LogP contribution in [0.15, 0.2) is 28.9 Å². The average Bonchev–Trinajstić information content (AvgIpc) is 2.30. The largest absolute Gasteiger partial charge is 0.267 e. The lowest BCUT2D eigenvalue weighted by molar-refractivity contribution is 0.788. The molecule has 0 amide bonds. The second-order valence-corrected chi connectivity index (χ2v) is 3.18. The van der Waals surface area contributed by atoms with Gasteiger partial charge in [0, 0.05) is 12.4 Å². The molecule has 0 fully saturated rings. The number of halogens is 1. The molecule has 0 aliphatic carbocycles. The van der Waals surface area contributed by atoms with Gasteiger partial charge in [-0.1, -0.05) is 18.2 Å². The Morgan fingerprint density at radius 3 is 2.82 bits per heavy atom. The fraction of sp³-hybridized carbons (Fsp3) is 0.125. The molecule has 0 aliphatic heterocycles. The predicted octanol–water partition coefficient (Wildman–Crippen LogP) is 2.34. The Morgan fingerprint density at radius 1 is 1.36 bits per heavy atom. The number of aryl methyl sites for hydroxylation is 1. The van der Waals surface area contributed by atoms with Crippen molar-refractivity contribution < 1.29 is 0 Å². The molecular weight excluding hydrogens is 204 g/mol. The van der Waals surface area contributed by atoms with E-state index in [1.807, 2.05) is 36.0 Å². The van der Waals surface area contributed by atoms with Crippen molar-refractivity contribution in [3.8, 4) is 0 Å². The van der Waals surface area contributed by atoms with E-state index in [4.69, 9.17) is 0 Å². The van der Waals surface area contributed by atoms with Crippen LogP contribution in [0.4, 0.5) is 0 Å². The van der Waals surface area contributed by atoms with Gasteiger partial charge in [0.15, 0.2) is 0 Å². The molecular formula is C8H7BrN2. The third kappa shape index (κ3) is 0.959. The van der Waals surface area contributed by atoms with E-state index in [1.54, 1.807) is 0 Å². The zero-order chi connectivity index (χ0) is 7.84. The highest BCUT2D eigenvalue weighted by Crippen LogP contribution is 2.21. The number of para-hydroxylation sites is 1. The van der Waals surface area contributed by atoms with Gasteiger partial charge in [-0.2, -0.15) is 5.10 Å². The number of nitrogens with zero attached hydrogens (tertiary/aromatic N) is 2. The molecule has 1 heterocycles. The third-order valence-corrected chi connectivity index (χ3v) is 2.30. The molecule has 1 aromatic heterocycles. The van der Waals surface area contributed by atoms with E-state index in [2.05, 4.69) is 21.0 Å². The maximum absolute atomic E-state index is 4.22. The van der Waals surface area contributed by atoms with Gasteiger partial charge >= 0.3 is 0 Å². The average molecular weight is 211 g/mol. The molecule has 0 spiro atoms. The molecule has 0 saturated heterocycles. The predicted molar refractivity (Wildman–Crippen MR) is 48.4 cm³/mol. The van der Waals surface area contributed by atoms with E-state index in [-0.39, 0.29) is 0 Å². The first-order valence-electron chi connectivity index (χ1n) is 3.36. The molecule has 0 N–H and O–H groups in total. The normalized spacial score (nSPS) is 10.7. The summed E-state index contributed by atoms with van der Waals surface area (Å²) in [7, 11) is 1.94. The first kappa shape index (κ1) is 6.85. The maximum Gasteiger partial charge on any atom is 0.135 e. The van der Waals surface area contributed by atoms with Crippen molar-refractivity contribution in [2.75, 3.05) is 0 Å². The number of rotatable bonds is 0. The molecule has 56 valence electrons. The maximum atomic E-state index is 4.22. The Labute approximate surface area is 73.0 Å². The topological polar surface area (TPSA) is 17.8 Å². The van der Waals surface area contributed by atoms with Crippen LogP contribution in [0.3, 0.4) is 0 Å². The van der Waals surface area contributed by atoms with Gasteiger partial charge in [0.1, 0.15) is 4.60 Å². The van der Waals surface area contributed by atoms with Crippen LogP contribution in [0.2, 0.25) is 0 Å². The quantitative estimate of drug-likeness (QED) is 0.653. The molecule has 1 aromatic carbocycles. The highest BCUT2D eigenvalue weighted by atomic mass is 79.9. The van der Waals surface area contributed by atoms with E-state index >= 15 is 0 Å². The highest BCUT2D eigenvalue weighted by Gasteiger charge is 2.02. The fourth-order valence-corrected chi connectivity index (χ4v) is 1.74. The summed E-state index contributed by atoms with van der Waals surface area (Å²) in [5.74, 6) is 0. The molecule has 2 aromatic rings. The highest BCUT2D eigenvalue weighted by molar-refractivity contribution is 9.10. The van der Waals surface area contributed by atoms with E-state index in [1.165, 1.54) is 0 Å². The van der Waals surface area contributed by atoms with E-state index in [0.29, 0.717) is 0 Å². The summed E-state index contributed by atoms with van der Waals surface area (Å²) in [6, 6.07) is 8.12. The van der Waals surface area contributed by atoms with Crippen molar-refractivity contribution in [3.63, 3.8) is 0 Å². The minimum atomic E-state index is 0.913. The van der Waals surface area contributed by atoms with Crippen molar-refractivity contribution in [1.29, 1.82) is 0 Å². The summed E-state index contributed by atoms with van der Waals surface area (Å²) >= 11 is 3.39. The van der Waals surface area contributed by atoms with Crippen LogP contribution in [0, 0.1) is 0 Å². The summed E-state index contributed by atoms with van der Waals surface area (Å²) in [5.41, 5.74) is 1.15. The van der Waals surface area contributed by atoms with E-state index in [0.717, 1.165) is 15.5 Å². The minimum Gasteiger partial charge on any atom is -0.267 e. The van der Waals surface area contributed by atoms with Crippen LogP contribution in [0.1, 0.15) is 0 Å². The van der Waals surface area contributed by atoms with Crippen LogP contribution >= 0.6 is 15.9 Å². The van der Waals surface area contributed by atoms with Crippen molar-refractivity contribution in [1.82, 2.24) is 9.78 Å². The lowest BCUT2D eigenvalue weighted by Gasteiger charge is -1.89. The minimum absolute atomic E-state index is 0.913. The zero-order valence-corrected chi connectivity index (χ0v) is 7.67. The molecule has 2 nitrogen and oxygen atoms in total. The number of hydrogen-bond donors (Lipinski definition) is 0. The lowest BCUT2D eigenvalue weighted by atomic mass is 10.3. The fourth-order valence-electron chi connectivity index (χ4n) is 1.17. The van der Waals surface area contributed by atoms with Crippen molar-refractivity contribution in [3.05, 3.63) is 28.9 Å². The molecule has 0 aliphatic rings. The lowest BCUT2D eigenvalue weighted by Crippen LogP contribution is -1.87. The monoisotopic (exact) mass is 210 g/mol. The van der Waals surface area contributed by atoms with Gasteiger partial charge in [0.25, 0.3) is 0 Å². The Balaban J connectivity index is 2.95. The second-order valence-electron chi connectivity index (χ2n) is 2.43. The van der Waals surface area contributed by atoms with Gasteiger partial charge in [-0.3, -0.25) is 4.68 Å². The Bertz CT molecular complexity index is 356. The van der Waals surface area contributed by atoms with Crippen molar-refractivity contribution >= 4 is 26.8 Å². The van der Waals surface area contributed by atoms with Crippen molar-refractivity contribution in [2.24, 2.45) is 7.05 Å². The van der Waals surface area contributed by atoms with Crippen LogP contribution in [0.5, 0.6) is 0 Å². The summed E-state index contributed by atoms with van der Waals surface area (Å²) < 4.78 is 2.77. The van der Waals surface area contributed by atoms with Gasteiger partial charge in [-0.25, -0.2) is 0 Å². The van der Waals surface area contributed by atoms with Gasteiger partial charge in [-0.15, -0.1) is 0 Å². The number of benzene rings is 1. The van der Waals surface area contributed by atoms with Crippen molar-refractivity contribution in [2.45, 2.75) is 0 Å². The first-order chi connectivity index (χ1) is 5.29. The van der Waals surface area contributed by atoms with Crippen LogP contribution in [0.25, 0.3) is 10.9 Å². The Kier molecular flexibility index (Phi) is 1.46. The second kappa shape index (κ2) is 2.34. The van der Waals surface area contributed by atoms with Gasteiger partial charge in [0.05, 0.1) is 5.52 Å². The van der Waals surface area contributed by atoms with Gasteiger partial charge in [-0.05, 0) is 22.0 Å². The van der Waals surface area contributed by atoms with Crippen LogP contribution in [-0.2, 0) is 7.05 Å². The van der Waals surface area contributed by atoms with Gasteiger partial charge in [0.2, 0.25) is 0 Å². The molecule has 0 saturated carbocycles. The summed E-state index contributed by atoms with van der Waals surface area (Å²) in [6.07, 6.45) is 0. The molecule has 0 atom stereocenters. The summed E-state index contributed by atoms with van der Waals surface area (Å²) in [6.45, 7) is 0. The molecule has 0 unspecified atom stereocenters. The van der Waals surface area contributed by atoms with Crippen LogP contribution < -0.4 is 0 Å². The molecule has 3 heteroatoms. The Hall–Kier alpha value is -0.830. The van der Waals surface area contributed by atoms with Crippen LogP contribution in [-0.4, -0.2) is 9.78 Å². The summed E-state index contributed by atoms with van der Waals surface area (Å²) in [5, 5.41) is 5.39. The third-order valence-electron chi connectivity index (χ3n) is 1.71. The van der Waals surface area contributed by atoms with Gasteiger partial charge < -0.3 is 0 Å². The molecule has 11 heavy (non-hydrogen) atoms. The summed E-state index contributed by atoms with van der Waals surface area (Å²) in [4.78, 5) is 0.